The SMILES string of the molecule is OC(C(F)F)C(c1ccc(-c2ccc(OCC(F)(F)F)cc2)cn1)n1cnnn1. The lowest BCUT2D eigenvalue weighted by Gasteiger charge is -2.21. The van der Waals surface area contributed by atoms with Crippen LogP contribution >= 0.6 is 0 Å². The summed E-state index contributed by atoms with van der Waals surface area (Å²) < 4.78 is 68.2. The Morgan fingerprint density at radius 3 is 2.24 bits per heavy atom. The molecule has 7 nitrogen and oxygen atoms in total. The van der Waals surface area contributed by atoms with E-state index >= 15 is 0 Å². The maximum absolute atomic E-state index is 13.0. The first kappa shape index (κ1) is 20.6. The number of alkyl halides is 5. The van der Waals surface area contributed by atoms with Crippen LogP contribution in [0.15, 0.2) is 48.9 Å². The minimum Gasteiger partial charge on any atom is -0.484 e. The van der Waals surface area contributed by atoms with Gasteiger partial charge >= 0.3 is 6.18 Å². The number of tetrazole rings is 1. The van der Waals surface area contributed by atoms with Gasteiger partial charge in [-0.05, 0) is 34.2 Å². The van der Waals surface area contributed by atoms with Crippen LogP contribution in [0.2, 0.25) is 0 Å². The van der Waals surface area contributed by atoms with Crippen molar-refractivity contribution < 1.29 is 31.8 Å². The van der Waals surface area contributed by atoms with Gasteiger partial charge in [-0.3, -0.25) is 4.98 Å². The molecule has 0 aliphatic carbocycles. The predicted octanol–water partition coefficient (Wildman–Crippen LogP) is 2.89. The quantitative estimate of drug-likeness (QED) is 0.598. The van der Waals surface area contributed by atoms with Gasteiger partial charge in [0, 0.05) is 11.8 Å². The molecule has 29 heavy (non-hydrogen) atoms. The monoisotopic (exact) mass is 415 g/mol. The van der Waals surface area contributed by atoms with E-state index in [4.69, 9.17) is 0 Å². The van der Waals surface area contributed by atoms with Crippen molar-refractivity contribution in [3.63, 3.8) is 0 Å². The number of hydrogen-bond acceptors (Lipinski definition) is 6. The zero-order chi connectivity index (χ0) is 21.0. The molecule has 1 N–H and O–H groups in total. The molecule has 0 fully saturated rings. The molecule has 2 atom stereocenters. The minimum atomic E-state index is -4.43. The lowest BCUT2D eigenvalue weighted by Crippen LogP contribution is -2.32. The first-order valence-electron chi connectivity index (χ1n) is 8.19. The van der Waals surface area contributed by atoms with Gasteiger partial charge in [0.05, 0.1) is 5.69 Å². The number of aliphatic hydroxyl groups is 1. The van der Waals surface area contributed by atoms with Crippen molar-refractivity contribution >= 4 is 0 Å². The first-order valence-corrected chi connectivity index (χ1v) is 8.19. The van der Waals surface area contributed by atoms with E-state index in [1.54, 1.807) is 6.07 Å². The Morgan fingerprint density at radius 1 is 1.03 bits per heavy atom. The van der Waals surface area contributed by atoms with Crippen molar-refractivity contribution in [3.05, 3.63) is 54.6 Å². The molecule has 12 heteroatoms. The molecule has 0 saturated heterocycles. The number of aromatic nitrogens is 5. The Balaban J connectivity index is 1.78. The van der Waals surface area contributed by atoms with Crippen LogP contribution in [0.4, 0.5) is 22.0 Å². The fraction of sp³-hybridized carbons (Fsp3) is 0.294. The second-order valence-corrected chi connectivity index (χ2v) is 5.96. The highest BCUT2D eigenvalue weighted by atomic mass is 19.4. The van der Waals surface area contributed by atoms with Gasteiger partial charge in [-0.2, -0.15) is 13.2 Å². The largest absolute Gasteiger partial charge is 0.484 e. The molecule has 1 aromatic carbocycles. The molecule has 2 aromatic heterocycles. The van der Waals surface area contributed by atoms with Crippen molar-refractivity contribution in [2.45, 2.75) is 24.7 Å². The second-order valence-electron chi connectivity index (χ2n) is 5.96. The number of nitrogens with zero attached hydrogens (tertiary/aromatic N) is 5. The minimum absolute atomic E-state index is 0.0504. The van der Waals surface area contributed by atoms with Gasteiger partial charge in [0.1, 0.15) is 24.2 Å². The Hall–Kier alpha value is -3.15. The van der Waals surface area contributed by atoms with Crippen LogP contribution in [0.5, 0.6) is 5.75 Å². The highest BCUT2D eigenvalue weighted by molar-refractivity contribution is 5.63. The van der Waals surface area contributed by atoms with E-state index in [2.05, 4.69) is 25.2 Å². The topological polar surface area (TPSA) is 86.0 Å². The molecule has 0 aliphatic rings. The molecule has 0 bridgehead atoms. The maximum atomic E-state index is 13.0. The number of ether oxygens (including phenoxy) is 1. The van der Waals surface area contributed by atoms with Crippen LogP contribution in [0.1, 0.15) is 11.7 Å². The molecule has 0 spiro atoms. The molecule has 3 aromatic rings. The summed E-state index contributed by atoms with van der Waals surface area (Å²) >= 11 is 0. The standard InChI is InChI=1S/C17H14F5N5O2/c18-16(19)15(28)14(27-9-24-25-26-27)13-6-3-11(7-23-13)10-1-4-12(5-2-10)29-8-17(20,21)22/h1-7,9,14-16,28H,8H2. The van der Waals surface area contributed by atoms with Gasteiger partial charge in [0.25, 0.3) is 6.43 Å². The zero-order valence-corrected chi connectivity index (χ0v) is 14.5. The summed E-state index contributed by atoms with van der Waals surface area (Å²) in [5.41, 5.74) is 1.31. The zero-order valence-electron chi connectivity index (χ0n) is 14.5. The Kier molecular flexibility index (Phi) is 6.01. The molecule has 2 heterocycles. The van der Waals surface area contributed by atoms with Crippen molar-refractivity contribution in [3.8, 4) is 16.9 Å². The third kappa shape index (κ3) is 5.22. The number of benzene rings is 1. The number of aliphatic hydroxyl groups excluding tert-OH is 1. The summed E-state index contributed by atoms with van der Waals surface area (Å²) in [4.78, 5) is 4.12. The highest BCUT2D eigenvalue weighted by Crippen LogP contribution is 2.27. The number of hydrogen-bond donors (Lipinski definition) is 1. The van der Waals surface area contributed by atoms with Crippen LogP contribution in [0.25, 0.3) is 11.1 Å². The smallest absolute Gasteiger partial charge is 0.422 e. The summed E-state index contributed by atoms with van der Waals surface area (Å²) in [6.45, 7) is -1.40. The third-order valence-corrected chi connectivity index (χ3v) is 3.91. The second kappa shape index (κ2) is 8.47. The number of halogens is 5. The predicted molar refractivity (Wildman–Crippen MR) is 89.2 cm³/mol. The van der Waals surface area contributed by atoms with E-state index in [-0.39, 0.29) is 11.4 Å². The Labute approximate surface area is 160 Å². The third-order valence-electron chi connectivity index (χ3n) is 3.91. The summed E-state index contributed by atoms with van der Waals surface area (Å²) in [6, 6.07) is 7.53. The Bertz CT molecular complexity index is 901. The molecule has 0 amide bonds. The van der Waals surface area contributed by atoms with Crippen LogP contribution in [-0.4, -0.2) is 55.6 Å². The van der Waals surface area contributed by atoms with Gasteiger partial charge in [0.15, 0.2) is 6.61 Å². The van der Waals surface area contributed by atoms with E-state index in [1.165, 1.54) is 36.5 Å². The lowest BCUT2D eigenvalue weighted by atomic mass is 10.0. The average Bonchev–Trinajstić information content (AvgIpc) is 3.21. The molecular weight excluding hydrogens is 401 g/mol. The highest BCUT2D eigenvalue weighted by Gasteiger charge is 2.32. The van der Waals surface area contributed by atoms with Gasteiger partial charge < -0.3 is 9.84 Å². The van der Waals surface area contributed by atoms with E-state index in [0.717, 1.165) is 11.0 Å². The fourth-order valence-corrected chi connectivity index (χ4v) is 2.56. The van der Waals surface area contributed by atoms with Gasteiger partial charge in [-0.25, -0.2) is 13.5 Å². The van der Waals surface area contributed by atoms with E-state index in [0.29, 0.717) is 11.1 Å². The molecular formula is C17H14F5N5O2. The molecule has 0 saturated carbocycles. The summed E-state index contributed by atoms with van der Waals surface area (Å²) in [6.07, 6.45) is -7.09. The van der Waals surface area contributed by atoms with E-state index in [9.17, 15) is 27.1 Å². The van der Waals surface area contributed by atoms with Crippen LogP contribution in [0, 0.1) is 0 Å². The molecule has 0 aliphatic heterocycles. The van der Waals surface area contributed by atoms with Crippen molar-refractivity contribution in [2.24, 2.45) is 0 Å². The van der Waals surface area contributed by atoms with Crippen molar-refractivity contribution in [2.75, 3.05) is 6.61 Å². The van der Waals surface area contributed by atoms with Gasteiger partial charge in [0.2, 0.25) is 0 Å². The Morgan fingerprint density at radius 2 is 1.72 bits per heavy atom. The fourth-order valence-electron chi connectivity index (χ4n) is 2.56. The lowest BCUT2D eigenvalue weighted by molar-refractivity contribution is -0.153. The maximum Gasteiger partial charge on any atom is 0.422 e. The first-order chi connectivity index (χ1) is 13.7. The summed E-state index contributed by atoms with van der Waals surface area (Å²) in [7, 11) is 0. The van der Waals surface area contributed by atoms with Gasteiger partial charge in [-0.15, -0.1) is 5.10 Å². The van der Waals surface area contributed by atoms with Gasteiger partial charge in [-0.1, -0.05) is 18.2 Å². The van der Waals surface area contributed by atoms with Crippen molar-refractivity contribution in [1.29, 1.82) is 0 Å². The molecule has 2 unspecified atom stereocenters. The van der Waals surface area contributed by atoms with Crippen molar-refractivity contribution in [1.82, 2.24) is 25.2 Å². The van der Waals surface area contributed by atoms with E-state index < -0.39 is 31.4 Å². The van der Waals surface area contributed by atoms with Crippen LogP contribution in [-0.2, 0) is 0 Å². The number of rotatable bonds is 7. The molecule has 0 radical (unpaired) electrons. The normalized spacial score (nSPS) is 14.0. The average molecular weight is 415 g/mol. The summed E-state index contributed by atoms with van der Waals surface area (Å²) in [5.74, 6) is 0.0504. The number of pyridine rings is 1. The summed E-state index contributed by atoms with van der Waals surface area (Å²) in [5, 5.41) is 20.1. The van der Waals surface area contributed by atoms with E-state index in [1.807, 2.05) is 0 Å². The van der Waals surface area contributed by atoms with Crippen LogP contribution in [0.3, 0.4) is 0 Å². The molecule has 154 valence electrons. The van der Waals surface area contributed by atoms with Crippen LogP contribution < -0.4 is 4.74 Å². The molecule has 3 rings (SSSR count).